The fraction of sp³-hybridized carbons (Fsp3) is 0.556. The van der Waals surface area contributed by atoms with E-state index in [1.807, 2.05) is 0 Å². The number of aliphatic hydroxyl groups is 1. The average molecular weight is 233 g/mol. The van der Waals surface area contributed by atoms with Crippen LogP contribution in [0.25, 0.3) is 0 Å². The fourth-order valence-corrected chi connectivity index (χ4v) is 1.09. The van der Waals surface area contributed by atoms with Gasteiger partial charge in [0.1, 0.15) is 18.8 Å². The Bertz CT molecular complexity index is 361. The van der Waals surface area contributed by atoms with E-state index >= 15 is 0 Å². The van der Waals surface area contributed by atoms with Gasteiger partial charge in [0.15, 0.2) is 0 Å². The number of alkyl halides is 2. The lowest BCUT2D eigenvalue weighted by atomic mass is 10.3. The summed E-state index contributed by atoms with van der Waals surface area (Å²) in [7, 11) is 1.43. The van der Waals surface area contributed by atoms with Gasteiger partial charge in [-0.15, -0.1) is 0 Å². The molecule has 1 rings (SSSR count). The van der Waals surface area contributed by atoms with Crippen LogP contribution in [0.15, 0.2) is 6.33 Å². The Morgan fingerprint density at radius 3 is 2.75 bits per heavy atom. The zero-order valence-electron chi connectivity index (χ0n) is 9.00. The van der Waals surface area contributed by atoms with E-state index < -0.39 is 19.1 Å². The molecule has 16 heavy (non-hydrogen) atoms. The van der Waals surface area contributed by atoms with E-state index in [0.29, 0.717) is 11.4 Å². The van der Waals surface area contributed by atoms with Gasteiger partial charge < -0.3 is 15.2 Å². The number of aliphatic hydroxyl groups excluding tert-OH is 1. The second-order valence-electron chi connectivity index (χ2n) is 3.22. The molecular weight excluding hydrogens is 220 g/mol. The van der Waals surface area contributed by atoms with Gasteiger partial charge in [-0.3, -0.25) is 0 Å². The summed E-state index contributed by atoms with van der Waals surface area (Å²) in [4.78, 5) is 7.62. The molecule has 0 saturated carbocycles. The molecule has 1 aromatic heterocycles. The Hall–Kier alpha value is -1.50. The van der Waals surface area contributed by atoms with Crippen LogP contribution in [0, 0.1) is 6.92 Å². The van der Waals surface area contributed by atoms with Crippen molar-refractivity contribution in [2.45, 2.75) is 12.8 Å². The number of ether oxygens (including phenoxy) is 1. The summed E-state index contributed by atoms with van der Waals surface area (Å²) in [5, 5.41) is 10.8. The van der Waals surface area contributed by atoms with Crippen molar-refractivity contribution in [2.24, 2.45) is 0 Å². The Morgan fingerprint density at radius 1 is 1.50 bits per heavy atom. The molecule has 90 valence electrons. The molecule has 0 aliphatic carbocycles. The maximum Gasteiger partial charge on any atom is 0.287 e. The van der Waals surface area contributed by atoms with Crippen LogP contribution in [0.3, 0.4) is 0 Å². The number of rotatable bonds is 5. The highest BCUT2D eigenvalue weighted by molar-refractivity contribution is 5.47. The molecule has 0 bridgehead atoms. The molecule has 2 N–H and O–H groups in total. The summed E-state index contributed by atoms with van der Waals surface area (Å²) < 4.78 is 30.4. The van der Waals surface area contributed by atoms with E-state index in [-0.39, 0.29) is 5.82 Å². The SMILES string of the molecule is COc1ncnc(NCC(F)(F)CO)c1C. The summed E-state index contributed by atoms with van der Waals surface area (Å²) in [5.74, 6) is -2.59. The van der Waals surface area contributed by atoms with Crippen molar-refractivity contribution < 1.29 is 18.6 Å². The third kappa shape index (κ3) is 2.99. The van der Waals surface area contributed by atoms with Crippen LogP contribution in [-0.4, -0.2) is 41.3 Å². The van der Waals surface area contributed by atoms with Crippen LogP contribution in [0.4, 0.5) is 14.6 Å². The summed E-state index contributed by atoms with van der Waals surface area (Å²) >= 11 is 0. The van der Waals surface area contributed by atoms with Crippen LogP contribution in [0.1, 0.15) is 5.56 Å². The van der Waals surface area contributed by atoms with Gasteiger partial charge in [-0.05, 0) is 6.92 Å². The first kappa shape index (κ1) is 12.6. The van der Waals surface area contributed by atoms with Gasteiger partial charge >= 0.3 is 0 Å². The zero-order valence-corrected chi connectivity index (χ0v) is 9.00. The fourth-order valence-electron chi connectivity index (χ4n) is 1.09. The van der Waals surface area contributed by atoms with E-state index in [0.717, 1.165) is 0 Å². The number of methoxy groups -OCH3 is 1. The molecule has 5 nitrogen and oxygen atoms in total. The molecule has 0 amide bonds. The van der Waals surface area contributed by atoms with Gasteiger partial charge in [-0.1, -0.05) is 0 Å². The number of nitrogens with one attached hydrogen (secondary N) is 1. The third-order valence-electron chi connectivity index (χ3n) is 1.98. The van der Waals surface area contributed by atoms with Crippen molar-refractivity contribution in [1.82, 2.24) is 9.97 Å². The van der Waals surface area contributed by atoms with Crippen LogP contribution >= 0.6 is 0 Å². The monoisotopic (exact) mass is 233 g/mol. The lowest BCUT2D eigenvalue weighted by molar-refractivity contribution is -0.0373. The second kappa shape index (κ2) is 5.02. The summed E-state index contributed by atoms with van der Waals surface area (Å²) in [6.07, 6.45) is 1.21. The number of anilines is 1. The number of aromatic nitrogens is 2. The first-order valence-corrected chi connectivity index (χ1v) is 4.58. The standard InChI is InChI=1S/C9H13F2N3O2/c1-6-7(12-3-9(10,11)4-15)13-5-14-8(6)16-2/h5,15H,3-4H2,1-2H3,(H,12,13,14). The highest BCUT2D eigenvalue weighted by Gasteiger charge is 2.27. The van der Waals surface area contributed by atoms with E-state index in [1.165, 1.54) is 13.4 Å². The number of hydrogen-bond donors (Lipinski definition) is 2. The minimum absolute atomic E-state index is 0.264. The van der Waals surface area contributed by atoms with Crippen LogP contribution < -0.4 is 10.1 Å². The summed E-state index contributed by atoms with van der Waals surface area (Å²) in [6.45, 7) is -0.246. The van der Waals surface area contributed by atoms with Crippen LogP contribution in [0.5, 0.6) is 5.88 Å². The Labute approximate surface area is 91.5 Å². The van der Waals surface area contributed by atoms with Crippen molar-refractivity contribution in [3.63, 3.8) is 0 Å². The second-order valence-corrected chi connectivity index (χ2v) is 3.22. The molecule has 0 fully saturated rings. The number of halogens is 2. The van der Waals surface area contributed by atoms with Gasteiger partial charge in [0, 0.05) is 0 Å². The Morgan fingerprint density at radius 2 is 2.19 bits per heavy atom. The molecule has 1 aromatic rings. The molecule has 0 aliphatic heterocycles. The molecule has 0 unspecified atom stereocenters. The molecule has 0 saturated heterocycles. The number of hydrogen-bond acceptors (Lipinski definition) is 5. The average Bonchev–Trinajstić information content (AvgIpc) is 2.28. The topological polar surface area (TPSA) is 67.3 Å². The zero-order chi connectivity index (χ0) is 12.2. The van der Waals surface area contributed by atoms with Crippen LogP contribution in [-0.2, 0) is 0 Å². The minimum atomic E-state index is -3.18. The molecule has 0 spiro atoms. The molecule has 0 aromatic carbocycles. The molecular formula is C9H13F2N3O2. The van der Waals surface area contributed by atoms with E-state index in [2.05, 4.69) is 15.3 Å². The van der Waals surface area contributed by atoms with Gasteiger partial charge in [0.2, 0.25) is 5.88 Å². The lowest BCUT2D eigenvalue weighted by Crippen LogP contribution is -2.31. The Balaban J connectivity index is 2.75. The molecule has 0 atom stereocenters. The van der Waals surface area contributed by atoms with E-state index in [9.17, 15) is 8.78 Å². The van der Waals surface area contributed by atoms with Gasteiger partial charge in [0.05, 0.1) is 19.2 Å². The Kier molecular flexibility index (Phi) is 3.94. The van der Waals surface area contributed by atoms with Crippen molar-refractivity contribution in [3.8, 4) is 5.88 Å². The first-order valence-electron chi connectivity index (χ1n) is 4.58. The maximum absolute atomic E-state index is 12.8. The predicted octanol–water partition coefficient (Wildman–Crippen LogP) is 0.833. The summed E-state index contributed by atoms with van der Waals surface area (Å²) in [6, 6.07) is 0. The third-order valence-corrected chi connectivity index (χ3v) is 1.98. The molecule has 7 heteroatoms. The largest absolute Gasteiger partial charge is 0.481 e. The molecule has 0 aliphatic rings. The van der Waals surface area contributed by atoms with Gasteiger partial charge in [-0.25, -0.2) is 18.7 Å². The quantitative estimate of drug-likeness (QED) is 0.788. The van der Waals surface area contributed by atoms with Crippen LogP contribution in [0.2, 0.25) is 0 Å². The van der Waals surface area contributed by atoms with Crippen molar-refractivity contribution in [1.29, 1.82) is 0 Å². The van der Waals surface area contributed by atoms with Crippen molar-refractivity contribution >= 4 is 5.82 Å². The van der Waals surface area contributed by atoms with Crippen molar-refractivity contribution in [3.05, 3.63) is 11.9 Å². The predicted molar refractivity (Wildman–Crippen MR) is 53.8 cm³/mol. The highest BCUT2D eigenvalue weighted by Crippen LogP contribution is 2.21. The first-order chi connectivity index (χ1) is 7.50. The van der Waals surface area contributed by atoms with E-state index in [4.69, 9.17) is 9.84 Å². The molecule has 1 heterocycles. The minimum Gasteiger partial charge on any atom is -0.481 e. The van der Waals surface area contributed by atoms with Gasteiger partial charge in [-0.2, -0.15) is 0 Å². The molecule has 0 radical (unpaired) electrons. The highest BCUT2D eigenvalue weighted by atomic mass is 19.3. The van der Waals surface area contributed by atoms with Crippen molar-refractivity contribution in [2.75, 3.05) is 25.6 Å². The lowest BCUT2D eigenvalue weighted by Gasteiger charge is -2.15. The van der Waals surface area contributed by atoms with E-state index in [1.54, 1.807) is 6.92 Å². The van der Waals surface area contributed by atoms with Gasteiger partial charge in [0.25, 0.3) is 5.92 Å². The normalized spacial score (nSPS) is 11.3. The maximum atomic E-state index is 12.8. The smallest absolute Gasteiger partial charge is 0.287 e. The number of nitrogens with zero attached hydrogens (tertiary/aromatic N) is 2. The summed E-state index contributed by atoms with van der Waals surface area (Å²) in [5.41, 5.74) is 0.540.